The van der Waals surface area contributed by atoms with E-state index in [1.54, 1.807) is 19.3 Å². The number of allylic oxidation sites excluding steroid dienone is 1. The van der Waals surface area contributed by atoms with Crippen LogP contribution in [0.25, 0.3) is 5.57 Å². The maximum absolute atomic E-state index is 10.9. The van der Waals surface area contributed by atoms with Crippen molar-refractivity contribution in [2.75, 3.05) is 7.11 Å². The molecule has 0 radical (unpaired) electrons. The van der Waals surface area contributed by atoms with Crippen LogP contribution in [0.1, 0.15) is 11.1 Å². The molecule has 0 aliphatic heterocycles. The van der Waals surface area contributed by atoms with Gasteiger partial charge in [0.05, 0.1) is 12.7 Å². The molecule has 72 valence electrons. The van der Waals surface area contributed by atoms with E-state index in [9.17, 15) is 4.79 Å². The van der Waals surface area contributed by atoms with Crippen molar-refractivity contribution in [2.24, 2.45) is 0 Å². The van der Waals surface area contributed by atoms with Crippen LogP contribution in [0.5, 0.6) is 5.75 Å². The fraction of sp³-hybridized carbons (Fsp3) is 0.182. The average Bonchev–Trinajstić information content (AvgIpc) is 2.59. The number of hydrogen-bond donors (Lipinski definition) is 1. The van der Waals surface area contributed by atoms with Crippen LogP contribution in [-0.2, 0) is 11.2 Å². The lowest BCUT2D eigenvalue weighted by Crippen LogP contribution is -1.98. The van der Waals surface area contributed by atoms with Gasteiger partial charge in [-0.2, -0.15) is 0 Å². The van der Waals surface area contributed by atoms with Gasteiger partial charge in [-0.3, -0.25) is 0 Å². The number of hydrogen-bond acceptors (Lipinski definition) is 2. The number of rotatable bonds is 2. The molecule has 1 N–H and O–H groups in total. The SMILES string of the molecule is COc1ccc2c(c1)C(C(=O)O)=CC2. The summed E-state index contributed by atoms with van der Waals surface area (Å²) in [5, 5.41) is 8.91. The molecule has 0 saturated heterocycles. The molecule has 2 rings (SSSR count). The molecule has 1 aliphatic carbocycles. The summed E-state index contributed by atoms with van der Waals surface area (Å²) >= 11 is 0. The topological polar surface area (TPSA) is 46.5 Å². The van der Waals surface area contributed by atoms with Gasteiger partial charge in [0.2, 0.25) is 0 Å². The number of carboxylic acid groups (broad SMARTS) is 1. The minimum absolute atomic E-state index is 0.374. The minimum Gasteiger partial charge on any atom is -0.497 e. The van der Waals surface area contributed by atoms with Crippen molar-refractivity contribution < 1.29 is 14.6 Å². The number of benzene rings is 1. The fourth-order valence-electron chi connectivity index (χ4n) is 1.64. The molecule has 0 unspecified atom stereocenters. The normalized spacial score (nSPS) is 13.4. The van der Waals surface area contributed by atoms with Gasteiger partial charge in [-0.1, -0.05) is 12.1 Å². The van der Waals surface area contributed by atoms with Crippen LogP contribution in [-0.4, -0.2) is 18.2 Å². The average molecular weight is 190 g/mol. The maximum Gasteiger partial charge on any atom is 0.335 e. The van der Waals surface area contributed by atoms with Gasteiger partial charge in [0.25, 0.3) is 0 Å². The molecule has 3 heteroatoms. The van der Waals surface area contributed by atoms with Crippen molar-refractivity contribution >= 4 is 11.5 Å². The smallest absolute Gasteiger partial charge is 0.335 e. The molecule has 0 heterocycles. The Morgan fingerprint density at radius 2 is 2.29 bits per heavy atom. The largest absolute Gasteiger partial charge is 0.497 e. The molecule has 0 atom stereocenters. The first kappa shape index (κ1) is 8.81. The van der Waals surface area contributed by atoms with Crippen LogP contribution < -0.4 is 4.74 Å². The molecule has 1 aromatic rings. The molecule has 0 amide bonds. The molecule has 0 spiro atoms. The molecule has 3 nitrogen and oxygen atoms in total. The molecular formula is C11H10O3. The Morgan fingerprint density at radius 3 is 2.93 bits per heavy atom. The van der Waals surface area contributed by atoms with Gasteiger partial charge < -0.3 is 9.84 Å². The Hall–Kier alpha value is -1.77. The highest BCUT2D eigenvalue weighted by Gasteiger charge is 2.19. The van der Waals surface area contributed by atoms with Gasteiger partial charge >= 0.3 is 5.97 Å². The van der Waals surface area contributed by atoms with E-state index in [2.05, 4.69) is 0 Å². The Balaban J connectivity index is 2.48. The summed E-state index contributed by atoms with van der Waals surface area (Å²) in [7, 11) is 1.57. The molecule has 1 aromatic carbocycles. The molecule has 0 bridgehead atoms. The van der Waals surface area contributed by atoms with E-state index in [1.807, 2.05) is 12.1 Å². The first-order valence-corrected chi connectivity index (χ1v) is 4.33. The van der Waals surface area contributed by atoms with Gasteiger partial charge in [-0.15, -0.1) is 0 Å². The van der Waals surface area contributed by atoms with Crippen molar-refractivity contribution in [1.82, 2.24) is 0 Å². The second-order valence-electron chi connectivity index (χ2n) is 3.15. The van der Waals surface area contributed by atoms with Crippen molar-refractivity contribution in [3.05, 3.63) is 35.4 Å². The predicted octanol–water partition coefficient (Wildman–Crippen LogP) is 1.72. The monoisotopic (exact) mass is 190 g/mol. The highest BCUT2D eigenvalue weighted by molar-refractivity contribution is 6.17. The van der Waals surface area contributed by atoms with Crippen LogP contribution >= 0.6 is 0 Å². The Labute approximate surface area is 81.6 Å². The van der Waals surface area contributed by atoms with Crippen LogP contribution in [0.2, 0.25) is 0 Å². The number of fused-ring (bicyclic) bond motifs is 1. The zero-order valence-electron chi connectivity index (χ0n) is 7.78. The van der Waals surface area contributed by atoms with Crippen molar-refractivity contribution in [3.63, 3.8) is 0 Å². The van der Waals surface area contributed by atoms with Crippen molar-refractivity contribution in [3.8, 4) is 5.75 Å². The molecule has 0 aromatic heterocycles. The van der Waals surface area contributed by atoms with E-state index in [1.165, 1.54) is 0 Å². The first-order chi connectivity index (χ1) is 6.72. The summed E-state index contributed by atoms with van der Waals surface area (Å²) in [5.74, 6) is -0.185. The zero-order valence-corrected chi connectivity index (χ0v) is 7.78. The van der Waals surface area contributed by atoms with E-state index >= 15 is 0 Å². The quantitative estimate of drug-likeness (QED) is 0.772. The second-order valence-corrected chi connectivity index (χ2v) is 3.15. The first-order valence-electron chi connectivity index (χ1n) is 4.33. The van der Waals surface area contributed by atoms with Gasteiger partial charge in [0.15, 0.2) is 0 Å². The molecule has 0 fully saturated rings. The number of ether oxygens (including phenoxy) is 1. The number of carbonyl (C=O) groups is 1. The lowest BCUT2D eigenvalue weighted by molar-refractivity contribution is -0.130. The van der Waals surface area contributed by atoms with E-state index in [-0.39, 0.29) is 0 Å². The van der Waals surface area contributed by atoms with E-state index < -0.39 is 5.97 Å². The van der Waals surface area contributed by atoms with E-state index in [0.29, 0.717) is 17.7 Å². The summed E-state index contributed by atoms with van der Waals surface area (Å²) in [6, 6.07) is 5.51. The number of carboxylic acids is 1. The van der Waals surface area contributed by atoms with Gasteiger partial charge in [-0.25, -0.2) is 4.79 Å². The minimum atomic E-state index is -0.878. The lowest BCUT2D eigenvalue weighted by atomic mass is 10.1. The molecule has 1 aliphatic rings. The Bertz CT molecular complexity index is 419. The molecule has 0 saturated carbocycles. The lowest BCUT2D eigenvalue weighted by Gasteiger charge is -2.04. The summed E-state index contributed by atoms with van der Waals surface area (Å²) < 4.78 is 5.05. The standard InChI is InChI=1S/C11H10O3/c1-14-8-4-2-7-3-5-9(11(12)13)10(7)6-8/h2,4-6H,3H2,1H3,(H,12,13). The van der Waals surface area contributed by atoms with Crippen LogP contribution in [0.3, 0.4) is 0 Å². The van der Waals surface area contributed by atoms with Crippen LogP contribution in [0.15, 0.2) is 24.3 Å². The Kier molecular flexibility index (Phi) is 2.00. The van der Waals surface area contributed by atoms with Crippen LogP contribution in [0, 0.1) is 0 Å². The van der Waals surface area contributed by atoms with Crippen LogP contribution in [0.4, 0.5) is 0 Å². The summed E-state index contributed by atoms with van der Waals surface area (Å²) in [5.41, 5.74) is 2.19. The highest BCUT2D eigenvalue weighted by Crippen LogP contribution is 2.30. The predicted molar refractivity (Wildman–Crippen MR) is 52.3 cm³/mol. The summed E-state index contributed by atoms with van der Waals surface area (Å²) in [6.07, 6.45) is 2.42. The summed E-state index contributed by atoms with van der Waals surface area (Å²) in [6.45, 7) is 0. The number of aliphatic carboxylic acids is 1. The number of methoxy groups -OCH3 is 1. The van der Waals surface area contributed by atoms with Crippen molar-refractivity contribution in [2.45, 2.75) is 6.42 Å². The second kappa shape index (κ2) is 3.18. The summed E-state index contributed by atoms with van der Waals surface area (Å²) in [4.78, 5) is 10.9. The molecular weight excluding hydrogens is 180 g/mol. The van der Waals surface area contributed by atoms with E-state index in [4.69, 9.17) is 9.84 Å². The van der Waals surface area contributed by atoms with E-state index in [0.717, 1.165) is 11.1 Å². The van der Waals surface area contributed by atoms with Gasteiger partial charge in [0, 0.05) is 0 Å². The third-order valence-electron chi connectivity index (χ3n) is 2.36. The third kappa shape index (κ3) is 1.27. The maximum atomic E-state index is 10.9. The third-order valence-corrected chi connectivity index (χ3v) is 2.36. The van der Waals surface area contributed by atoms with Gasteiger partial charge in [0.1, 0.15) is 5.75 Å². The van der Waals surface area contributed by atoms with Gasteiger partial charge in [-0.05, 0) is 29.7 Å². The molecule has 14 heavy (non-hydrogen) atoms. The highest BCUT2D eigenvalue weighted by atomic mass is 16.5. The van der Waals surface area contributed by atoms with Crippen molar-refractivity contribution in [1.29, 1.82) is 0 Å². The Morgan fingerprint density at radius 1 is 1.50 bits per heavy atom. The fourth-order valence-corrected chi connectivity index (χ4v) is 1.64. The zero-order chi connectivity index (χ0) is 10.1.